The normalized spacial score (nSPS) is 14.2. The molecule has 6 heteroatoms. The van der Waals surface area contributed by atoms with Gasteiger partial charge in [0.1, 0.15) is 5.69 Å². The zero-order valence-corrected chi connectivity index (χ0v) is 17.2. The second-order valence-corrected chi connectivity index (χ2v) is 7.32. The number of ether oxygens (including phenoxy) is 1. The highest BCUT2D eigenvalue weighted by atomic mass is 16.5. The van der Waals surface area contributed by atoms with E-state index in [1.54, 1.807) is 27.7 Å². The molecule has 1 amide bonds. The van der Waals surface area contributed by atoms with Crippen LogP contribution >= 0.6 is 0 Å². The lowest BCUT2D eigenvalue weighted by Crippen LogP contribution is -2.41. The molecule has 152 valence electrons. The predicted molar refractivity (Wildman–Crippen MR) is 108 cm³/mol. The second-order valence-electron chi connectivity index (χ2n) is 7.32. The number of amides is 1. The fourth-order valence-electron chi connectivity index (χ4n) is 3.33. The molecule has 1 aromatic heterocycles. The fourth-order valence-corrected chi connectivity index (χ4v) is 3.33. The van der Waals surface area contributed by atoms with Gasteiger partial charge in [-0.3, -0.25) is 4.79 Å². The van der Waals surface area contributed by atoms with Gasteiger partial charge >= 0.3 is 5.97 Å². The van der Waals surface area contributed by atoms with Crippen molar-refractivity contribution in [1.82, 2.24) is 10.3 Å². The summed E-state index contributed by atoms with van der Waals surface area (Å²) in [4.78, 5) is 27.8. The highest BCUT2D eigenvalue weighted by Gasteiger charge is 2.25. The zero-order chi connectivity index (χ0) is 20.8. The van der Waals surface area contributed by atoms with Crippen molar-refractivity contribution in [3.05, 3.63) is 58.4 Å². The first-order valence-corrected chi connectivity index (χ1v) is 9.63. The summed E-state index contributed by atoms with van der Waals surface area (Å²) in [5.41, 5.74) is 3.52. The maximum absolute atomic E-state index is 12.4. The first-order valence-electron chi connectivity index (χ1n) is 9.63. The van der Waals surface area contributed by atoms with Crippen LogP contribution in [0.2, 0.25) is 0 Å². The number of benzene rings is 1. The van der Waals surface area contributed by atoms with Crippen molar-refractivity contribution in [2.45, 2.75) is 65.7 Å². The second kappa shape index (κ2) is 9.55. The molecule has 0 aliphatic carbocycles. The maximum atomic E-state index is 12.4. The van der Waals surface area contributed by atoms with Gasteiger partial charge in [-0.05, 0) is 58.6 Å². The Hall–Kier alpha value is -2.60. The van der Waals surface area contributed by atoms with Crippen LogP contribution < -0.4 is 5.32 Å². The van der Waals surface area contributed by atoms with E-state index < -0.39 is 18.2 Å². The number of rotatable bonds is 8. The van der Waals surface area contributed by atoms with E-state index in [9.17, 15) is 14.7 Å². The zero-order valence-electron chi connectivity index (χ0n) is 17.2. The lowest BCUT2D eigenvalue weighted by molar-refractivity contribution is -0.129. The molecule has 0 unspecified atom stereocenters. The van der Waals surface area contributed by atoms with Crippen LogP contribution in [0.3, 0.4) is 0 Å². The van der Waals surface area contributed by atoms with E-state index in [4.69, 9.17) is 4.74 Å². The smallest absolute Gasteiger partial charge is 0.355 e. The molecule has 0 aliphatic heterocycles. The van der Waals surface area contributed by atoms with Gasteiger partial charge in [0.2, 0.25) is 0 Å². The molecule has 0 aliphatic rings. The van der Waals surface area contributed by atoms with E-state index in [0.29, 0.717) is 16.8 Å². The summed E-state index contributed by atoms with van der Waals surface area (Å²) >= 11 is 0. The summed E-state index contributed by atoms with van der Waals surface area (Å²) in [6.07, 6.45) is 0.0523. The van der Waals surface area contributed by atoms with Crippen LogP contribution in [-0.4, -0.2) is 34.1 Å². The van der Waals surface area contributed by atoms with Crippen molar-refractivity contribution in [2.75, 3.05) is 0 Å². The van der Waals surface area contributed by atoms with Crippen LogP contribution in [-0.2, 0) is 16.0 Å². The maximum Gasteiger partial charge on any atom is 0.355 e. The predicted octanol–water partition coefficient (Wildman–Crippen LogP) is 3.37. The van der Waals surface area contributed by atoms with Gasteiger partial charge in [-0.1, -0.05) is 30.3 Å². The number of aliphatic hydroxyl groups excluding tert-OH is 1. The minimum Gasteiger partial charge on any atom is -0.448 e. The number of carbonyl (C=O) groups is 2. The van der Waals surface area contributed by atoms with Crippen molar-refractivity contribution in [1.29, 1.82) is 0 Å². The van der Waals surface area contributed by atoms with E-state index in [1.165, 1.54) is 5.56 Å². The summed E-state index contributed by atoms with van der Waals surface area (Å²) in [7, 11) is 0. The largest absolute Gasteiger partial charge is 0.448 e. The summed E-state index contributed by atoms with van der Waals surface area (Å²) < 4.78 is 5.33. The number of hydrogen-bond donors (Lipinski definition) is 3. The van der Waals surface area contributed by atoms with Crippen molar-refractivity contribution in [3.8, 4) is 0 Å². The number of aliphatic hydroxyl groups is 1. The van der Waals surface area contributed by atoms with Crippen molar-refractivity contribution in [3.63, 3.8) is 0 Å². The molecule has 1 heterocycles. The molecule has 6 nitrogen and oxygen atoms in total. The highest BCUT2D eigenvalue weighted by Crippen LogP contribution is 2.25. The third-order valence-corrected chi connectivity index (χ3v) is 4.87. The molecule has 0 radical (unpaired) electrons. The van der Waals surface area contributed by atoms with Gasteiger partial charge in [-0.2, -0.15) is 0 Å². The number of aromatic amines is 1. The third-order valence-electron chi connectivity index (χ3n) is 4.87. The topological polar surface area (TPSA) is 91.4 Å². The number of hydrogen-bond acceptors (Lipinski definition) is 4. The van der Waals surface area contributed by atoms with Crippen molar-refractivity contribution >= 4 is 11.9 Å². The van der Waals surface area contributed by atoms with E-state index >= 15 is 0 Å². The van der Waals surface area contributed by atoms with Gasteiger partial charge in [0, 0.05) is 17.3 Å². The summed E-state index contributed by atoms with van der Waals surface area (Å²) in [5.74, 6) is -0.933. The number of aromatic nitrogens is 1. The summed E-state index contributed by atoms with van der Waals surface area (Å²) in [6, 6.07) is 10.0. The molecule has 3 atom stereocenters. The van der Waals surface area contributed by atoms with Gasteiger partial charge < -0.3 is 20.1 Å². The van der Waals surface area contributed by atoms with E-state index in [-0.39, 0.29) is 17.6 Å². The molecule has 1 aromatic carbocycles. The van der Waals surface area contributed by atoms with E-state index in [2.05, 4.69) is 22.4 Å². The van der Waals surface area contributed by atoms with Crippen LogP contribution in [0.1, 0.15) is 66.2 Å². The molecular formula is C22H30N2O4. The molecule has 0 spiro atoms. The Morgan fingerprint density at radius 2 is 1.79 bits per heavy atom. The Balaban J connectivity index is 1.89. The average molecular weight is 386 g/mol. The standard InChI is InChI=1S/C22H30N2O4/c1-13(11-12-18-9-7-6-8-10-18)23-21(26)17(5)28-22(27)20-14(2)19(16(4)25)15(3)24-20/h6-10,13,16-17,24-25H,11-12H2,1-5H3,(H,23,26)/t13-,16+,17+/m0/s1. The van der Waals surface area contributed by atoms with Crippen LogP contribution in [0.5, 0.6) is 0 Å². The lowest BCUT2D eigenvalue weighted by atomic mass is 10.1. The Labute approximate surface area is 166 Å². The Bertz CT molecular complexity index is 811. The highest BCUT2D eigenvalue weighted by molar-refractivity contribution is 5.92. The minimum atomic E-state index is -0.912. The molecule has 0 saturated heterocycles. The summed E-state index contributed by atoms with van der Waals surface area (Å²) in [6.45, 7) is 8.67. The fraction of sp³-hybridized carbons (Fsp3) is 0.455. The quantitative estimate of drug-likeness (QED) is 0.607. The van der Waals surface area contributed by atoms with Crippen LogP contribution in [0.4, 0.5) is 0 Å². The minimum absolute atomic E-state index is 0.0369. The summed E-state index contributed by atoms with van der Waals surface area (Å²) in [5, 5.41) is 12.7. The monoisotopic (exact) mass is 386 g/mol. The van der Waals surface area contributed by atoms with Gasteiger partial charge in [0.05, 0.1) is 6.10 Å². The van der Waals surface area contributed by atoms with Gasteiger partial charge in [-0.15, -0.1) is 0 Å². The van der Waals surface area contributed by atoms with E-state index in [0.717, 1.165) is 12.8 Å². The third kappa shape index (κ3) is 5.45. The lowest BCUT2D eigenvalue weighted by Gasteiger charge is -2.18. The molecule has 0 bridgehead atoms. The number of nitrogens with one attached hydrogen (secondary N) is 2. The SMILES string of the molecule is Cc1[nH]c(C(=O)O[C@H](C)C(=O)N[C@@H](C)CCc2ccccc2)c(C)c1[C@@H](C)O. The Morgan fingerprint density at radius 1 is 1.14 bits per heavy atom. The molecular weight excluding hydrogens is 356 g/mol. The number of H-pyrrole nitrogens is 1. The van der Waals surface area contributed by atoms with E-state index in [1.807, 2.05) is 25.1 Å². The molecule has 2 rings (SSSR count). The molecule has 3 N–H and O–H groups in total. The van der Waals surface area contributed by atoms with Crippen molar-refractivity contribution in [2.24, 2.45) is 0 Å². The van der Waals surface area contributed by atoms with Gasteiger partial charge in [-0.25, -0.2) is 4.79 Å². The number of aryl methyl sites for hydroxylation is 2. The molecule has 2 aromatic rings. The van der Waals surface area contributed by atoms with Gasteiger partial charge in [0.25, 0.3) is 5.91 Å². The van der Waals surface area contributed by atoms with Crippen LogP contribution in [0.25, 0.3) is 0 Å². The van der Waals surface area contributed by atoms with Crippen LogP contribution in [0.15, 0.2) is 30.3 Å². The van der Waals surface area contributed by atoms with Crippen LogP contribution in [0, 0.1) is 13.8 Å². The Kier molecular flexibility index (Phi) is 7.40. The molecule has 0 fully saturated rings. The average Bonchev–Trinajstić information content (AvgIpc) is 2.95. The van der Waals surface area contributed by atoms with Gasteiger partial charge in [0.15, 0.2) is 6.10 Å². The van der Waals surface area contributed by atoms with Crippen molar-refractivity contribution < 1.29 is 19.4 Å². The number of esters is 1. The first kappa shape index (κ1) is 21.7. The Morgan fingerprint density at radius 3 is 2.36 bits per heavy atom. The first-order chi connectivity index (χ1) is 13.2. The molecule has 0 saturated carbocycles. The molecule has 28 heavy (non-hydrogen) atoms. The number of carbonyl (C=O) groups excluding carboxylic acids is 2.